The first-order chi connectivity index (χ1) is 17.3. The summed E-state index contributed by atoms with van der Waals surface area (Å²) in [5.74, 6) is -0.378. The fourth-order valence-corrected chi connectivity index (χ4v) is 4.15. The number of ether oxygens (including phenoxy) is 1. The van der Waals surface area contributed by atoms with Crippen molar-refractivity contribution in [1.82, 2.24) is 9.47 Å². The van der Waals surface area contributed by atoms with Crippen LogP contribution >= 0.6 is 0 Å². The molecule has 0 saturated heterocycles. The average Bonchev–Trinajstić information content (AvgIpc) is 3.30. The Bertz CT molecular complexity index is 1280. The van der Waals surface area contributed by atoms with Crippen LogP contribution in [0, 0.1) is 0 Å². The van der Waals surface area contributed by atoms with E-state index < -0.39 is 11.7 Å². The zero-order chi connectivity index (χ0) is 25.5. The summed E-state index contributed by atoms with van der Waals surface area (Å²) < 4.78 is 45.7. The van der Waals surface area contributed by atoms with Crippen LogP contribution in [0.3, 0.4) is 0 Å². The molecule has 0 spiro atoms. The highest BCUT2D eigenvalue weighted by atomic mass is 19.4. The van der Waals surface area contributed by atoms with E-state index in [1.54, 1.807) is 6.07 Å². The number of hydrogen-bond acceptors (Lipinski definition) is 3. The van der Waals surface area contributed by atoms with Crippen LogP contribution in [0.2, 0.25) is 0 Å². The van der Waals surface area contributed by atoms with Gasteiger partial charge in [0, 0.05) is 38.1 Å². The molecule has 7 heteroatoms. The lowest BCUT2D eigenvalue weighted by atomic mass is 10.1. The van der Waals surface area contributed by atoms with Gasteiger partial charge in [-0.05, 0) is 53.1 Å². The second kappa shape index (κ2) is 11.3. The van der Waals surface area contributed by atoms with Crippen LogP contribution in [0.15, 0.2) is 97.2 Å². The number of esters is 1. The molecule has 0 fully saturated rings. The normalized spacial score (nSPS) is 11.6. The predicted molar refractivity (Wildman–Crippen MR) is 132 cm³/mol. The Morgan fingerprint density at radius 2 is 1.50 bits per heavy atom. The number of carbonyl (C=O) groups is 1. The number of rotatable bonds is 9. The van der Waals surface area contributed by atoms with E-state index in [1.165, 1.54) is 19.2 Å². The van der Waals surface area contributed by atoms with E-state index >= 15 is 0 Å². The molecule has 0 N–H and O–H groups in total. The number of carbonyl (C=O) groups excluding carboxylic acids is 1. The third-order valence-corrected chi connectivity index (χ3v) is 5.95. The molecule has 0 atom stereocenters. The van der Waals surface area contributed by atoms with Gasteiger partial charge in [-0.25, -0.2) is 4.79 Å². The predicted octanol–water partition coefficient (Wildman–Crippen LogP) is 6.54. The molecule has 0 aliphatic rings. The van der Waals surface area contributed by atoms with Gasteiger partial charge in [0.1, 0.15) is 0 Å². The van der Waals surface area contributed by atoms with Gasteiger partial charge in [-0.3, -0.25) is 4.90 Å². The molecule has 0 aliphatic carbocycles. The van der Waals surface area contributed by atoms with E-state index in [1.807, 2.05) is 59.3 Å². The summed E-state index contributed by atoms with van der Waals surface area (Å²) in [7, 11) is 1.36. The van der Waals surface area contributed by atoms with Crippen LogP contribution in [0.4, 0.5) is 13.2 Å². The van der Waals surface area contributed by atoms with E-state index in [9.17, 15) is 18.0 Å². The number of benzene rings is 3. The number of nitrogens with zero attached hydrogens (tertiary/aromatic N) is 2. The van der Waals surface area contributed by atoms with E-state index in [0.29, 0.717) is 31.7 Å². The molecular weight excluding hydrogens is 465 g/mol. The lowest BCUT2D eigenvalue weighted by Crippen LogP contribution is -2.24. The van der Waals surface area contributed by atoms with Gasteiger partial charge in [0.05, 0.1) is 18.2 Å². The third kappa shape index (κ3) is 6.64. The summed E-state index contributed by atoms with van der Waals surface area (Å²) in [5.41, 5.74) is 3.82. The number of hydrogen-bond donors (Lipinski definition) is 0. The van der Waals surface area contributed by atoms with Gasteiger partial charge in [0.15, 0.2) is 0 Å². The topological polar surface area (TPSA) is 34.5 Å². The van der Waals surface area contributed by atoms with Crippen molar-refractivity contribution < 1.29 is 22.7 Å². The first-order valence-electron chi connectivity index (χ1n) is 11.6. The highest BCUT2D eigenvalue weighted by Crippen LogP contribution is 2.29. The zero-order valence-electron chi connectivity index (χ0n) is 19.9. The van der Waals surface area contributed by atoms with Crippen LogP contribution < -0.4 is 0 Å². The lowest BCUT2D eigenvalue weighted by Gasteiger charge is -2.24. The molecule has 0 aliphatic heterocycles. The van der Waals surface area contributed by atoms with Crippen LogP contribution in [-0.4, -0.2) is 22.5 Å². The van der Waals surface area contributed by atoms with Crippen LogP contribution in [0.1, 0.15) is 38.3 Å². The molecule has 4 nitrogen and oxygen atoms in total. The molecule has 3 aromatic carbocycles. The molecule has 1 aromatic heterocycles. The second-order valence-corrected chi connectivity index (χ2v) is 8.64. The fraction of sp³-hybridized carbons (Fsp3) is 0.207. The van der Waals surface area contributed by atoms with Crippen molar-refractivity contribution in [3.8, 4) is 0 Å². The molecule has 0 amide bonds. The third-order valence-electron chi connectivity index (χ3n) is 5.95. The maximum absolute atomic E-state index is 12.9. The number of alkyl halides is 3. The first kappa shape index (κ1) is 25.3. The van der Waals surface area contributed by atoms with Gasteiger partial charge in [-0.1, -0.05) is 54.6 Å². The highest BCUT2D eigenvalue weighted by molar-refractivity contribution is 5.89. The maximum atomic E-state index is 12.9. The Labute approximate surface area is 208 Å². The van der Waals surface area contributed by atoms with Crippen molar-refractivity contribution in [2.24, 2.45) is 0 Å². The molecule has 0 unspecified atom stereocenters. The molecule has 4 rings (SSSR count). The fourth-order valence-electron chi connectivity index (χ4n) is 4.15. The standard InChI is InChI=1S/C29H27F3N2O2/c1-36-28(35)25-10-5-9-24(17-25)19-33(18-22-7-3-2-4-8-22)21-27-11-6-16-34(27)20-23-12-14-26(15-13-23)29(30,31)32/h2-17H,18-21H2,1H3. The lowest BCUT2D eigenvalue weighted by molar-refractivity contribution is -0.137. The van der Waals surface area contributed by atoms with Gasteiger partial charge in [0.2, 0.25) is 0 Å². The second-order valence-electron chi connectivity index (χ2n) is 8.64. The van der Waals surface area contributed by atoms with Crippen molar-refractivity contribution >= 4 is 5.97 Å². The number of halogens is 3. The zero-order valence-corrected chi connectivity index (χ0v) is 19.9. The number of aromatic nitrogens is 1. The smallest absolute Gasteiger partial charge is 0.416 e. The number of methoxy groups -OCH3 is 1. The summed E-state index contributed by atoms with van der Waals surface area (Å²) in [6.07, 6.45) is -2.41. The Morgan fingerprint density at radius 1 is 0.806 bits per heavy atom. The van der Waals surface area contributed by atoms with Crippen LogP contribution in [-0.2, 0) is 37.1 Å². The average molecular weight is 493 g/mol. The molecule has 186 valence electrons. The minimum absolute atomic E-state index is 0.378. The van der Waals surface area contributed by atoms with E-state index in [4.69, 9.17) is 4.74 Å². The molecular formula is C29H27F3N2O2. The van der Waals surface area contributed by atoms with Gasteiger partial charge >= 0.3 is 12.1 Å². The SMILES string of the molecule is COC(=O)c1cccc(CN(Cc2ccccc2)Cc2cccn2Cc2ccc(C(F)(F)F)cc2)c1. The Kier molecular flexibility index (Phi) is 7.90. The Hall–Kier alpha value is -3.84. The van der Waals surface area contributed by atoms with Crippen molar-refractivity contribution in [3.63, 3.8) is 0 Å². The summed E-state index contributed by atoms with van der Waals surface area (Å²) in [4.78, 5) is 14.3. The highest BCUT2D eigenvalue weighted by Gasteiger charge is 2.29. The van der Waals surface area contributed by atoms with Crippen LogP contribution in [0.25, 0.3) is 0 Å². The summed E-state index contributed by atoms with van der Waals surface area (Å²) in [6.45, 7) is 2.38. The summed E-state index contributed by atoms with van der Waals surface area (Å²) >= 11 is 0. The van der Waals surface area contributed by atoms with Gasteiger partial charge in [-0.2, -0.15) is 13.2 Å². The minimum Gasteiger partial charge on any atom is -0.465 e. The van der Waals surface area contributed by atoms with Crippen molar-refractivity contribution in [1.29, 1.82) is 0 Å². The van der Waals surface area contributed by atoms with Gasteiger partial charge in [0.25, 0.3) is 0 Å². The maximum Gasteiger partial charge on any atom is 0.416 e. The largest absolute Gasteiger partial charge is 0.465 e. The monoisotopic (exact) mass is 492 g/mol. The van der Waals surface area contributed by atoms with Gasteiger partial charge < -0.3 is 9.30 Å². The van der Waals surface area contributed by atoms with Crippen molar-refractivity contribution in [2.75, 3.05) is 7.11 Å². The molecule has 1 heterocycles. The Balaban J connectivity index is 1.54. The first-order valence-corrected chi connectivity index (χ1v) is 11.6. The molecule has 36 heavy (non-hydrogen) atoms. The van der Waals surface area contributed by atoms with Gasteiger partial charge in [-0.15, -0.1) is 0 Å². The van der Waals surface area contributed by atoms with E-state index in [0.717, 1.165) is 34.5 Å². The molecule has 4 aromatic rings. The molecule has 0 saturated carbocycles. The van der Waals surface area contributed by atoms with E-state index in [-0.39, 0.29) is 5.97 Å². The minimum atomic E-state index is -4.35. The van der Waals surface area contributed by atoms with Crippen molar-refractivity contribution in [2.45, 2.75) is 32.4 Å². The molecule has 0 bridgehead atoms. The quantitative estimate of drug-likeness (QED) is 0.249. The summed E-state index contributed by atoms with van der Waals surface area (Å²) in [6, 6.07) is 26.7. The van der Waals surface area contributed by atoms with E-state index in [2.05, 4.69) is 17.0 Å². The van der Waals surface area contributed by atoms with Crippen molar-refractivity contribution in [3.05, 3.63) is 131 Å². The summed E-state index contributed by atoms with van der Waals surface area (Å²) in [5, 5.41) is 0. The van der Waals surface area contributed by atoms with Crippen LogP contribution in [0.5, 0.6) is 0 Å². The molecule has 0 radical (unpaired) electrons. The Morgan fingerprint density at radius 3 is 2.19 bits per heavy atom.